The molecule has 1 N–H and O–H groups in total. The first-order valence-electron chi connectivity index (χ1n) is 3.58. The maximum absolute atomic E-state index is 12.8. The van der Waals surface area contributed by atoms with E-state index in [0.29, 0.717) is 10.6 Å². The maximum Gasteiger partial charge on any atom is 0.125 e. The lowest BCUT2D eigenvalue weighted by molar-refractivity contribution is 0.0782. The number of halogens is 2. The molecule has 0 unspecified atom stereocenters. The molecule has 0 fully saturated rings. The smallest absolute Gasteiger partial charge is 0.125 e. The molecule has 0 aliphatic carbocycles. The zero-order chi connectivity index (χ0) is 9.35. The van der Waals surface area contributed by atoms with Crippen LogP contribution in [-0.4, -0.2) is 5.11 Å². The summed E-state index contributed by atoms with van der Waals surface area (Å²) in [6.07, 6.45) is 0. The van der Waals surface area contributed by atoms with E-state index in [1.807, 2.05) is 0 Å². The molecule has 0 spiro atoms. The van der Waals surface area contributed by atoms with Crippen LogP contribution in [0.1, 0.15) is 19.4 Å². The standard InChI is InChI=1S/C9H10ClFO/c1-9(2,12)6-3-7(10)5-8(11)4-6/h3-5,12H,1-2H3. The number of aliphatic hydroxyl groups is 1. The third-order valence-corrected chi connectivity index (χ3v) is 1.79. The van der Waals surface area contributed by atoms with Crippen LogP contribution < -0.4 is 0 Å². The minimum absolute atomic E-state index is 0.298. The first-order valence-corrected chi connectivity index (χ1v) is 3.96. The molecule has 0 atom stereocenters. The second kappa shape index (κ2) is 3.04. The van der Waals surface area contributed by atoms with Crippen molar-refractivity contribution >= 4 is 11.6 Å². The maximum atomic E-state index is 12.8. The van der Waals surface area contributed by atoms with Crippen molar-refractivity contribution in [1.82, 2.24) is 0 Å². The van der Waals surface area contributed by atoms with Gasteiger partial charge in [-0.3, -0.25) is 0 Å². The third-order valence-electron chi connectivity index (χ3n) is 1.57. The van der Waals surface area contributed by atoms with Crippen molar-refractivity contribution in [2.75, 3.05) is 0 Å². The summed E-state index contributed by atoms with van der Waals surface area (Å²) in [5, 5.41) is 9.81. The zero-order valence-corrected chi connectivity index (χ0v) is 7.69. The first kappa shape index (κ1) is 9.49. The lowest BCUT2D eigenvalue weighted by atomic mass is 9.99. The van der Waals surface area contributed by atoms with Crippen molar-refractivity contribution in [3.8, 4) is 0 Å². The summed E-state index contributed by atoms with van der Waals surface area (Å²) in [5.41, 5.74) is -0.571. The van der Waals surface area contributed by atoms with E-state index in [9.17, 15) is 9.50 Å². The van der Waals surface area contributed by atoms with Gasteiger partial charge in [-0.15, -0.1) is 0 Å². The van der Waals surface area contributed by atoms with Crippen molar-refractivity contribution < 1.29 is 9.50 Å². The zero-order valence-electron chi connectivity index (χ0n) is 6.94. The van der Waals surface area contributed by atoms with Gasteiger partial charge in [-0.2, -0.15) is 0 Å². The summed E-state index contributed by atoms with van der Waals surface area (Å²) in [6, 6.07) is 4.02. The van der Waals surface area contributed by atoms with Crippen LogP contribution in [0.25, 0.3) is 0 Å². The average Bonchev–Trinajstić information content (AvgIpc) is 1.82. The van der Waals surface area contributed by atoms with Crippen LogP contribution in [-0.2, 0) is 5.60 Å². The molecule has 66 valence electrons. The Kier molecular flexibility index (Phi) is 2.40. The van der Waals surface area contributed by atoms with Gasteiger partial charge in [0.15, 0.2) is 0 Å². The molecule has 12 heavy (non-hydrogen) atoms. The van der Waals surface area contributed by atoms with Crippen LogP contribution in [0.4, 0.5) is 4.39 Å². The van der Waals surface area contributed by atoms with E-state index >= 15 is 0 Å². The fourth-order valence-corrected chi connectivity index (χ4v) is 1.13. The number of hydrogen-bond donors (Lipinski definition) is 1. The van der Waals surface area contributed by atoms with Gasteiger partial charge in [0.2, 0.25) is 0 Å². The van der Waals surface area contributed by atoms with Gasteiger partial charge < -0.3 is 5.11 Å². The van der Waals surface area contributed by atoms with Crippen LogP contribution in [0.5, 0.6) is 0 Å². The molecule has 3 heteroatoms. The van der Waals surface area contributed by atoms with Crippen molar-refractivity contribution in [3.63, 3.8) is 0 Å². The second-order valence-electron chi connectivity index (χ2n) is 3.22. The normalized spacial score (nSPS) is 11.8. The van der Waals surface area contributed by atoms with E-state index in [-0.39, 0.29) is 0 Å². The summed E-state index contributed by atoms with van der Waals surface area (Å²) in [4.78, 5) is 0. The van der Waals surface area contributed by atoms with Gasteiger partial charge in [-0.25, -0.2) is 4.39 Å². The molecular weight excluding hydrogens is 179 g/mol. The van der Waals surface area contributed by atoms with Crippen LogP contribution in [0.2, 0.25) is 5.02 Å². The third kappa shape index (κ3) is 2.19. The largest absolute Gasteiger partial charge is 0.386 e. The molecule has 1 aromatic rings. The lowest BCUT2D eigenvalue weighted by Gasteiger charge is -2.17. The van der Waals surface area contributed by atoms with Gasteiger partial charge in [-0.05, 0) is 37.6 Å². The average molecular weight is 189 g/mol. The van der Waals surface area contributed by atoms with Crippen LogP contribution in [0.3, 0.4) is 0 Å². The molecule has 1 aromatic carbocycles. The topological polar surface area (TPSA) is 20.2 Å². The summed E-state index contributed by atoms with van der Waals surface area (Å²) < 4.78 is 12.8. The molecule has 0 saturated heterocycles. The van der Waals surface area contributed by atoms with E-state index in [4.69, 9.17) is 11.6 Å². The van der Waals surface area contributed by atoms with Crippen LogP contribution in [0, 0.1) is 5.82 Å². The Balaban J connectivity index is 3.18. The van der Waals surface area contributed by atoms with Crippen molar-refractivity contribution in [1.29, 1.82) is 0 Å². The van der Waals surface area contributed by atoms with Gasteiger partial charge in [0, 0.05) is 5.02 Å². The van der Waals surface area contributed by atoms with Gasteiger partial charge in [-0.1, -0.05) is 11.6 Å². The van der Waals surface area contributed by atoms with E-state index in [1.165, 1.54) is 12.1 Å². The highest BCUT2D eigenvalue weighted by Crippen LogP contribution is 2.23. The van der Waals surface area contributed by atoms with Crippen molar-refractivity contribution in [3.05, 3.63) is 34.6 Å². The molecule has 0 aliphatic heterocycles. The fourth-order valence-electron chi connectivity index (χ4n) is 0.907. The molecule has 0 bridgehead atoms. The summed E-state index contributed by atoms with van der Waals surface area (Å²) in [5.74, 6) is -0.431. The van der Waals surface area contributed by atoms with Gasteiger partial charge in [0.05, 0.1) is 5.60 Å². The number of benzene rings is 1. The van der Waals surface area contributed by atoms with E-state index in [2.05, 4.69) is 0 Å². The van der Waals surface area contributed by atoms with E-state index < -0.39 is 11.4 Å². The molecule has 1 nitrogen and oxygen atoms in total. The van der Waals surface area contributed by atoms with Gasteiger partial charge in [0.25, 0.3) is 0 Å². The fraction of sp³-hybridized carbons (Fsp3) is 0.333. The van der Waals surface area contributed by atoms with E-state index in [0.717, 1.165) is 0 Å². The first-order chi connectivity index (χ1) is 5.39. The van der Waals surface area contributed by atoms with Crippen LogP contribution in [0.15, 0.2) is 18.2 Å². The lowest BCUT2D eigenvalue weighted by Crippen LogP contribution is -2.15. The van der Waals surface area contributed by atoms with Crippen molar-refractivity contribution in [2.45, 2.75) is 19.4 Å². The molecule has 0 radical (unpaired) electrons. The van der Waals surface area contributed by atoms with Gasteiger partial charge >= 0.3 is 0 Å². The summed E-state index contributed by atoms with van der Waals surface area (Å²) in [7, 11) is 0. The predicted octanol–water partition coefficient (Wildman–Crippen LogP) is 2.71. The predicted molar refractivity (Wildman–Crippen MR) is 46.7 cm³/mol. The van der Waals surface area contributed by atoms with Gasteiger partial charge in [0.1, 0.15) is 5.82 Å². The SMILES string of the molecule is CC(C)(O)c1cc(F)cc(Cl)c1. The quantitative estimate of drug-likeness (QED) is 0.719. The minimum atomic E-state index is -1.05. The Bertz CT molecular complexity index is 271. The molecule has 0 aliphatic rings. The number of rotatable bonds is 1. The van der Waals surface area contributed by atoms with Crippen LogP contribution >= 0.6 is 11.6 Å². The highest BCUT2D eigenvalue weighted by molar-refractivity contribution is 6.30. The Morgan fingerprint density at radius 2 is 1.92 bits per heavy atom. The Hall–Kier alpha value is -0.600. The van der Waals surface area contributed by atoms with E-state index in [1.54, 1.807) is 19.9 Å². The summed E-state index contributed by atoms with van der Waals surface area (Å²) >= 11 is 5.61. The minimum Gasteiger partial charge on any atom is -0.386 e. The Morgan fingerprint density at radius 1 is 1.33 bits per heavy atom. The molecule has 0 heterocycles. The number of hydrogen-bond acceptors (Lipinski definition) is 1. The molecule has 1 rings (SSSR count). The Morgan fingerprint density at radius 3 is 2.33 bits per heavy atom. The molecule has 0 aromatic heterocycles. The molecular formula is C9H10ClFO. The highest BCUT2D eigenvalue weighted by Gasteiger charge is 2.16. The highest BCUT2D eigenvalue weighted by atomic mass is 35.5. The Labute approximate surface area is 75.8 Å². The monoisotopic (exact) mass is 188 g/mol. The molecule has 0 amide bonds. The molecule has 0 saturated carbocycles. The van der Waals surface area contributed by atoms with Crippen molar-refractivity contribution in [2.24, 2.45) is 0 Å². The summed E-state index contributed by atoms with van der Waals surface area (Å²) in [6.45, 7) is 3.16. The second-order valence-corrected chi connectivity index (χ2v) is 3.65.